The summed E-state index contributed by atoms with van der Waals surface area (Å²) in [6.07, 6.45) is 4.25. The second-order valence-corrected chi connectivity index (χ2v) is 5.45. The van der Waals surface area contributed by atoms with Crippen molar-refractivity contribution in [3.05, 3.63) is 47.5 Å². The van der Waals surface area contributed by atoms with Gasteiger partial charge in [0.15, 0.2) is 0 Å². The normalized spacial score (nSPS) is 14.4. The molecule has 0 spiro atoms. The van der Waals surface area contributed by atoms with Crippen LogP contribution >= 0.6 is 23.4 Å². The molecule has 3 nitrogen and oxygen atoms in total. The van der Waals surface area contributed by atoms with E-state index in [1.54, 1.807) is 24.2 Å². The number of rotatable bonds is 5. The first-order valence-electron chi connectivity index (χ1n) is 5.78. The predicted molar refractivity (Wildman–Crippen MR) is 74.8 cm³/mol. The van der Waals surface area contributed by atoms with Crippen LogP contribution in [-0.2, 0) is 0 Å². The van der Waals surface area contributed by atoms with Crippen molar-refractivity contribution >= 4 is 23.4 Å². The smallest absolute Gasteiger partial charge is 0.118 e. The lowest BCUT2D eigenvalue weighted by Crippen LogP contribution is -2.25. The minimum atomic E-state index is -0.000720. The number of furan rings is 1. The highest BCUT2D eigenvalue weighted by Gasteiger charge is 2.23. The van der Waals surface area contributed by atoms with Crippen LogP contribution in [0, 0.1) is 0 Å². The first-order valence-corrected chi connectivity index (χ1v) is 7.04. The van der Waals surface area contributed by atoms with Gasteiger partial charge in [0.2, 0.25) is 0 Å². The Morgan fingerprint density at radius 2 is 2.28 bits per heavy atom. The first kappa shape index (κ1) is 13.5. The molecule has 0 bridgehead atoms. The van der Waals surface area contributed by atoms with E-state index in [-0.39, 0.29) is 11.3 Å². The van der Waals surface area contributed by atoms with E-state index in [2.05, 4.69) is 11.9 Å². The summed E-state index contributed by atoms with van der Waals surface area (Å²) >= 11 is 7.67. The average Bonchev–Trinajstić information content (AvgIpc) is 2.90. The van der Waals surface area contributed by atoms with Crippen LogP contribution < -0.4 is 5.73 Å². The molecule has 2 N–H and O–H groups in total. The molecule has 0 saturated carbocycles. The molecule has 0 saturated heterocycles. The van der Waals surface area contributed by atoms with Crippen LogP contribution in [0.25, 0.3) is 0 Å². The summed E-state index contributed by atoms with van der Waals surface area (Å²) in [6, 6.07) is 7.44. The highest BCUT2D eigenvalue weighted by molar-refractivity contribution is 7.99. The molecular formula is C13H15ClN2OS. The zero-order chi connectivity index (χ0) is 13.0. The number of halogens is 1. The molecular weight excluding hydrogens is 268 g/mol. The number of nitrogens with zero attached hydrogens (tertiary/aromatic N) is 1. The number of aromatic nitrogens is 1. The third-order valence-electron chi connectivity index (χ3n) is 2.65. The fourth-order valence-corrected chi connectivity index (χ4v) is 3.02. The van der Waals surface area contributed by atoms with Gasteiger partial charge in [-0.05, 0) is 30.7 Å². The summed E-state index contributed by atoms with van der Waals surface area (Å²) in [5, 5.41) is 1.45. The van der Waals surface area contributed by atoms with Crippen LogP contribution in [0.5, 0.6) is 0 Å². The summed E-state index contributed by atoms with van der Waals surface area (Å²) in [4.78, 5) is 4.28. The standard InChI is InChI=1S/C13H15ClN2OS/c1-2-10(15)12(11-6-4-8-17-11)18-13-9(14)5-3-7-16-13/h3-8,10,12H,2,15H2,1H3. The zero-order valence-electron chi connectivity index (χ0n) is 10.0. The van der Waals surface area contributed by atoms with Crippen molar-refractivity contribution in [1.29, 1.82) is 0 Å². The van der Waals surface area contributed by atoms with Crippen molar-refractivity contribution in [1.82, 2.24) is 4.98 Å². The Balaban J connectivity index is 2.24. The fraction of sp³-hybridized carbons (Fsp3) is 0.308. The highest BCUT2D eigenvalue weighted by atomic mass is 35.5. The minimum Gasteiger partial charge on any atom is -0.468 e. The van der Waals surface area contributed by atoms with Gasteiger partial charge >= 0.3 is 0 Å². The molecule has 0 aliphatic rings. The van der Waals surface area contributed by atoms with Gasteiger partial charge in [-0.1, -0.05) is 30.3 Å². The third-order valence-corrected chi connectivity index (χ3v) is 4.45. The van der Waals surface area contributed by atoms with Crippen molar-refractivity contribution in [3.8, 4) is 0 Å². The van der Waals surface area contributed by atoms with Crippen LogP contribution in [0.1, 0.15) is 24.4 Å². The number of nitrogens with two attached hydrogens (primary N) is 1. The molecule has 0 fully saturated rings. The maximum Gasteiger partial charge on any atom is 0.118 e. The minimum absolute atomic E-state index is 0.000720. The van der Waals surface area contributed by atoms with Crippen LogP contribution in [0.4, 0.5) is 0 Å². The van der Waals surface area contributed by atoms with Gasteiger partial charge in [-0.15, -0.1) is 0 Å². The molecule has 2 aromatic rings. The van der Waals surface area contributed by atoms with Crippen LogP contribution in [0.2, 0.25) is 5.02 Å². The highest BCUT2D eigenvalue weighted by Crippen LogP contribution is 2.39. The van der Waals surface area contributed by atoms with Gasteiger partial charge < -0.3 is 10.2 Å². The molecule has 2 atom stereocenters. The molecule has 0 radical (unpaired) electrons. The summed E-state index contributed by atoms with van der Waals surface area (Å²) in [6.45, 7) is 2.06. The van der Waals surface area contributed by atoms with Crippen molar-refractivity contribution in [2.75, 3.05) is 0 Å². The molecule has 96 valence electrons. The maximum absolute atomic E-state index is 6.15. The molecule has 0 aliphatic heterocycles. The maximum atomic E-state index is 6.15. The van der Waals surface area contributed by atoms with Crippen molar-refractivity contribution < 1.29 is 4.42 Å². The van der Waals surface area contributed by atoms with Gasteiger partial charge in [0, 0.05) is 12.2 Å². The molecule has 0 aromatic carbocycles. The Morgan fingerprint density at radius 1 is 1.44 bits per heavy atom. The zero-order valence-corrected chi connectivity index (χ0v) is 11.6. The number of hydrogen-bond acceptors (Lipinski definition) is 4. The molecule has 2 heterocycles. The first-order chi connectivity index (χ1) is 8.72. The number of thioether (sulfide) groups is 1. The molecule has 18 heavy (non-hydrogen) atoms. The Morgan fingerprint density at radius 3 is 2.89 bits per heavy atom. The van der Waals surface area contributed by atoms with Gasteiger partial charge in [-0.2, -0.15) is 0 Å². The SMILES string of the molecule is CCC(N)C(Sc1ncccc1Cl)c1ccco1. The topological polar surface area (TPSA) is 52.0 Å². The van der Waals surface area contributed by atoms with Gasteiger partial charge in [0.1, 0.15) is 10.8 Å². The summed E-state index contributed by atoms with van der Waals surface area (Å²) in [5.41, 5.74) is 6.15. The lowest BCUT2D eigenvalue weighted by atomic mass is 10.1. The monoisotopic (exact) mass is 282 g/mol. The van der Waals surface area contributed by atoms with E-state index < -0.39 is 0 Å². The van der Waals surface area contributed by atoms with Crippen molar-refractivity contribution in [2.45, 2.75) is 29.7 Å². The molecule has 2 rings (SSSR count). The van der Waals surface area contributed by atoms with E-state index in [0.717, 1.165) is 17.2 Å². The van der Waals surface area contributed by atoms with Crippen LogP contribution in [0.15, 0.2) is 46.2 Å². The van der Waals surface area contributed by atoms with Crippen molar-refractivity contribution in [3.63, 3.8) is 0 Å². The summed E-state index contributed by atoms with van der Waals surface area (Å²) in [7, 11) is 0. The Kier molecular flexibility index (Phi) is 4.69. The molecule has 0 amide bonds. The van der Waals surface area contributed by atoms with E-state index >= 15 is 0 Å². The van der Waals surface area contributed by atoms with E-state index in [0.29, 0.717) is 5.02 Å². The quantitative estimate of drug-likeness (QED) is 0.845. The number of pyridine rings is 1. The lowest BCUT2D eigenvalue weighted by Gasteiger charge is -2.20. The van der Waals surface area contributed by atoms with Crippen LogP contribution in [-0.4, -0.2) is 11.0 Å². The molecule has 5 heteroatoms. The average molecular weight is 283 g/mol. The Hall–Kier alpha value is -0.970. The second-order valence-electron chi connectivity index (χ2n) is 3.92. The largest absolute Gasteiger partial charge is 0.468 e. The summed E-state index contributed by atoms with van der Waals surface area (Å²) < 4.78 is 5.46. The van der Waals surface area contributed by atoms with E-state index in [1.807, 2.05) is 24.3 Å². The molecule has 0 aliphatic carbocycles. The van der Waals surface area contributed by atoms with Crippen LogP contribution in [0.3, 0.4) is 0 Å². The van der Waals surface area contributed by atoms with E-state index in [1.165, 1.54) is 0 Å². The number of hydrogen-bond donors (Lipinski definition) is 1. The fourth-order valence-electron chi connectivity index (χ4n) is 1.60. The van der Waals surface area contributed by atoms with Gasteiger partial charge in [0.25, 0.3) is 0 Å². The lowest BCUT2D eigenvalue weighted by molar-refractivity contribution is 0.473. The Bertz CT molecular complexity index is 489. The molecule has 2 unspecified atom stereocenters. The van der Waals surface area contributed by atoms with Crippen molar-refractivity contribution in [2.24, 2.45) is 5.73 Å². The van der Waals surface area contributed by atoms with E-state index in [4.69, 9.17) is 21.8 Å². The molecule has 2 aromatic heterocycles. The van der Waals surface area contributed by atoms with Gasteiger partial charge in [0.05, 0.1) is 16.5 Å². The van der Waals surface area contributed by atoms with E-state index in [9.17, 15) is 0 Å². The summed E-state index contributed by atoms with van der Waals surface area (Å²) in [5.74, 6) is 0.857. The predicted octanol–water partition coefficient (Wildman–Crippen LogP) is 3.90. The second kappa shape index (κ2) is 6.27. The van der Waals surface area contributed by atoms with Gasteiger partial charge in [-0.3, -0.25) is 0 Å². The van der Waals surface area contributed by atoms with Gasteiger partial charge in [-0.25, -0.2) is 4.98 Å². The Labute approximate surface area is 116 Å². The third kappa shape index (κ3) is 3.07.